The third kappa shape index (κ3) is 4.15. The number of aliphatic hydroxyl groups excluding tert-OH is 1. The van der Waals surface area contributed by atoms with Crippen molar-refractivity contribution in [3.8, 4) is 0 Å². The number of aliphatic hydroxyl groups is 1. The number of aromatic nitrogens is 2. The lowest BCUT2D eigenvalue weighted by Crippen LogP contribution is -2.34. The van der Waals surface area contributed by atoms with Gasteiger partial charge in [0.25, 0.3) is 5.91 Å². The first-order valence-corrected chi connectivity index (χ1v) is 8.28. The van der Waals surface area contributed by atoms with Gasteiger partial charge in [0.2, 0.25) is 0 Å². The van der Waals surface area contributed by atoms with Crippen molar-refractivity contribution in [3.63, 3.8) is 0 Å². The van der Waals surface area contributed by atoms with Crippen molar-refractivity contribution in [2.45, 2.75) is 26.3 Å². The Kier molecular flexibility index (Phi) is 6.26. The first-order valence-electron chi connectivity index (χ1n) is 7.47. The molecule has 0 aliphatic carbocycles. The molecule has 3 N–H and O–H groups in total. The normalized spacial score (nSPS) is 12.3. The van der Waals surface area contributed by atoms with Gasteiger partial charge in [0.05, 0.1) is 16.9 Å². The second-order valence-corrected chi connectivity index (χ2v) is 6.29. The number of anilines is 1. The first-order chi connectivity index (χ1) is 11.1. The zero-order chi connectivity index (χ0) is 16.8. The lowest BCUT2D eigenvalue weighted by atomic mass is 10.2. The second-order valence-electron chi connectivity index (χ2n) is 5.29. The number of amides is 1. The van der Waals surface area contributed by atoms with E-state index in [1.807, 2.05) is 6.92 Å². The number of nitrogens with one attached hydrogen (secondary N) is 2. The summed E-state index contributed by atoms with van der Waals surface area (Å²) in [6, 6.07) is -0.287. The van der Waals surface area contributed by atoms with Gasteiger partial charge in [0.15, 0.2) is 0 Å². The predicted molar refractivity (Wildman–Crippen MR) is 91.1 cm³/mol. The van der Waals surface area contributed by atoms with Crippen LogP contribution in [-0.4, -0.2) is 53.9 Å². The van der Waals surface area contributed by atoms with Crippen molar-refractivity contribution in [3.05, 3.63) is 16.8 Å². The number of carbonyl (C=O) groups is 1. The molecule has 0 saturated carbocycles. The zero-order valence-corrected chi connectivity index (χ0v) is 14.4. The van der Waals surface area contributed by atoms with Gasteiger partial charge in [-0.3, -0.25) is 4.79 Å². The third-order valence-corrected chi connectivity index (χ3v) is 4.60. The summed E-state index contributed by atoms with van der Waals surface area (Å²) < 4.78 is 5.03. The molecule has 0 aromatic carbocycles. The van der Waals surface area contributed by atoms with Crippen LogP contribution in [0, 0.1) is 6.92 Å². The van der Waals surface area contributed by atoms with Gasteiger partial charge in [-0.25, -0.2) is 9.97 Å². The minimum atomic E-state index is -0.287. The maximum atomic E-state index is 12.3. The molecule has 0 saturated heterocycles. The van der Waals surface area contributed by atoms with Gasteiger partial charge in [-0.2, -0.15) is 0 Å². The number of nitrogens with zero attached hydrogens (tertiary/aromatic N) is 2. The molecule has 0 spiro atoms. The van der Waals surface area contributed by atoms with E-state index in [1.54, 1.807) is 14.0 Å². The fourth-order valence-corrected chi connectivity index (χ4v) is 3.23. The molecule has 0 fully saturated rings. The number of methoxy groups -OCH3 is 1. The molecule has 2 aromatic rings. The molecule has 0 aliphatic heterocycles. The molecule has 0 aliphatic rings. The van der Waals surface area contributed by atoms with Crippen LogP contribution in [0.3, 0.4) is 0 Å². The molecular weight excluding hydrogens is 316 g/mol. The van der Waals surface area contributed by atoms with Gasteiger partial charge in [0, 0.05) is 26.3 Å². The van der Waals surface area contributed by atoms with E-state index in [9.17, 15) is 4.79 Å². The monoisotopic (exact) mass is 338 g/mol. The summed E-state index contributed by atoms with van der Waals surface area (Å²) in [6.45, 7) is 4.96. The molecule has 7 nitrogen and oxygen atoms in total. The molecule has 126 valence electrons. The summed E-state index contributed by atoms with van der Waals surface area (Å²) in [5.41, 5.74) is 0.850. The number of carbonyl (C=O) groups excluding carboxylic acids is 1. The highest BCUT2D eigenvalue weighted by Crippen LogP contribution is 2.33. The summed E-state index contributed by atoms with van der Waals surface area (Å²) in [7, 11) is 1.67. The molecule has 2 aromatic heterocycles. The van der Waals surface area contributed by atoms with Crippen molar-refractivity contribution in [1.29, 1.82) is 0 Å². The largest absolute Gasteiger partial charge is 0.394 e. The maximum absolute atomic E-state index is 12.3. The number of rotatable bonds is 8. The third-order valence-electron chi connectivity index (χ3n) is 3.40. The molecule has 2 heterocycles. The van der Waals surface area contributed by atoms with E-state index in [4.69, 9.17) is 9.84 Å². The van der Waals surface area contributed by atoms with Gasteiger partial charge in [-0.1, -0.05) is 0 Å². The van der Waals surface area contributed by atoms with Crippen molar-refractivity contribution in [1.82, 2.24) is 15.3 Å². The Morgan fingerprint density at radius 1 is 1.48 bits per heavy atom. The fourth-order valence-electron chi connectivity index (χ4n) is 2.18. The Balaban J connectivity index is 2.25. The molecule has 1 amide bonds. The molecule has 8 heteroatoms. The SMILES string of the molecule is COCCCNc1ncnc2sc(C(=O)N[C@@H](C)CO)c(C)c12. The van der Waals surface area contributed by atoms with Crippen LogP contribution in [0.1, 0.15) is 28.6 Å². The van der Waals surface area contributed by atoms with Crippen LogP contribution in [-0.2, 0) is 4.74 Å². The topological polar surface area (TPSA) is 96.4 Å². The number of thiophene rings is 1. The van der Waals surface area contributed by atoms with E-state index < -0.39 is 0 Å². The van der Waals surface area contributed by atoms with Gasteiger partial charge in [0.1, 0.15) is 17.0 Å². The number of hydrogen-bond donors (Lipinski definition) is 3. The van der Waals surface area contributed by atoms with Crippen molar-refractivity contribution in [2.24, 2.45) is 0 Å². The quantitative estimate of drug-likeness (QED) is 0.632. The highest BCUT2D eigenvalue weighted by molar-refractivity contribution is 7.20. The molecule has 0 unspecified atom stereocenters. The van der Waals surface area contributed by atoms with E-state index in [2.05, 4.69) is 20.6 Å². The van der Waals surface area contributed by atoms with Crippen LogP contribution >= 0.6 is 11.3 Å². The maximum Gasteiger partial charge on any atom is 0.262 e. The molecule has 2 rings (SSSR count). The fraction of sp³-hybridized carbons (Fsp3) is 0.533. The summed E-state index contributed by atoms with van der Waals surface area (Å²) in [4.78, 5) is 22.2. The summed E-state index contributed by atoms with van der Waals surface area (Å²) in [5, 5.41) is 16.0. The van der Waals surface area contributed by atoms with Crippen molar-refractivity contribution >= 4 is 33.3 Å². The number of hydrogen-bond acceptors (Lipinski definition) is 7. The van der Waals surface area contributed by atoms with E-state index in [0.717, 1.165) is 34.6 Å². The standard InChI is InChI=1S/C15H22N4O3S/c1-9(7-20)19-14(21)12-10(2)11-13(16-5-4-6-22-3)17-8-18-15(11)23-12/h8-9,20H,4-7H2,1-3H3,(H,19,21)(H,16,17,18)/t9-/m0/s1. The highest BCUT2D eigenvalue weighted by atomic mass is 32.1. The van der Waals surface area contributed by atoms with Crippen LogP contribution in [0.2, 0.25) is 0 Å². The minimum absolute atomic E-state index is 0.0954. The first kappa shape index (κ1) is 17.6. The van der Waals surface area contributed by atoms with Gasteiger partial charge in [-0.05, 0) is 25.8 Å². The van der Waals surface area contributed by atoms with Gasteiger partial charge < -0.3 is 20.5 Å². The Morgan fingerprint density at radius 3 is 2.96 bits per heavy atom. The average molecular weight is 338 g/mol. The molecular formula is C15H22N4O3S. The van der Waals surface area contributed by atoms with E-state index in [0.29, 0.717) is 11.5 Å². The average Bonchev–Trinajstić information content (AvgIpc) is 2.89. The number of aryl methyl sites for hydroxylation is 1. The molecule has 0 radical (unpaired) electrons. The second kappa shape index (κ2) is 8.19. The Hall–Kier alpha value is -1.77. The molecule has 23 heavy (non-hydrogen) atoms. The smallest absolute Gasteiger partial charge is 0.262 e. The van der Waals surface area contributed by atoms with Crippen LogP contribution in [0.15, 0.2) is 6.33 Å². The Bertz CT molecular complexity index is 674. The van der Waals surface area contributed by atoms with Crippen LogP contribution in [0.4, 0.5) is 5.82 Å². The van der Waals surface area contributed by atoms with Crippen molar-refractivity contribution < 1.29 is 14.6 Å². The van der Waals surface area contributed by atoms with E-state index >= 15 is 0 Å². The highest BCUT2D eigenvalue weighted by Gasteiger charge is 2.20. The summed E-state index contributed by atoms with van der Waals surface area (Å²) in [5.74, 6) is 0.534. The minimum Gasteiger partial charge on any atom is -0.394 e. The summed E-state index contributed by atoms with van der Waals surface area (Å²) in [6.07, 6.45) is 2.36. The Labute approximate surface area is 139 Å². The van der Waals surface area contributed by atoms with Crippen molar-refractivity contribution in [2.75, 3.05) is 32.2 Å². The van der Waals surface area contributed by atoms with Gasteiger partial charge in [-0.15, -0.1) is 11.3 Å². The van der Waals surface area contributed by atoms with Crippen LogP contribution < -0.4 is 10.6 Å². The lowest BCUT2D eigenvalue weighted by Gasteiger charge is -2.10. The van der Waals surface area contributed by atoms with Gasteiger partial charge >= 0.3 is 0 Å². The zero-order valence-electron chi connectivity index (χ0n) is 13.5. The summed E-state index contributed by atoms with van der Waals surface area (Å²) >= 11 is 1.33. The predicted octanol–water partition coefficient (Wildman–Crippen LogP) is 1.56. The number of ether oxygens (including phenoxy) is 1. The van der Waals surface area contributed by atoms with E-state index in [1.165, 1.54) is 17.7 Å². The molecule has 1 atom stereocenters. The Morgan fingerprint density at radius 2 is 2.26 bits per heavy atom. The van der Waals surface area contributed by atoms with Crippen LogP contribution in [0.5, 0.6) is 0 Å². The van der Waals surface area contributed by atoms with Crippen LogP contribution in [0.25, 0.3) is 10.2 Å². The number of fused-ring (bicyclic) bond motifs is 1. The molecule has 0 bridgehead atoms. The lowest BCUT2D eigenvalue weighted by molar-refractivity contribution is 0.0926. The van der Waals surface area contributed by atoms with E-state index in [-0.39, 0.29) is 18.6 Å².